The minimum absolute atomic E-state index is 0.0103. The van der Waals surface area contributed by atoms with Gasteiger partial charge in [-0.05, 0) is 327 Å². The summed E-state index contributed by atoms with van der Waals surface area (Å²) in [5.74, 6) is 11.4. The number of hydrogen-bond donors (Lipinski definition) is 0. The predicted molar refractivity (Wildman–Crippen MR) is 343 cm³/mol. The second-order valence-corrected chi connectivity index (χ2v) is 35.4. The highest BCUT2D eigenvalue weighted by Gasteiger charge is 2.70. The Morgan fingerprint density at radius 1 is 0.389 bits per heavy atom. The first-order valence-corrected chi connectivity index (χ1v) is 38.3. The Morgan fingerprint density at radius 3 is 1.04 bits per heavy atom. The summed E-state index contributed by atoms with van der Waals surface area (Å²) in [6, 6.07) is 0. The summed E-state index contributed by atoms with van der Waals surface area (Å²) < 4.78 is 36.9. The van der Waals surface area contributed by atoms with E-state index < -0.39 is 10.8 Å². The standard InChI is InChI=1S/C27H42O4.C26H40O4.C25H38O4/c1-5-26(3,4)25(29)30-21-15-17-14-20(21)23-18-12-16(22(17)23)13-19(18)24(28)31-27(6-2)10-8-7-9-11-27;1-5-25(3,4)24(28)29-20-14-16-13-19(20)22-17-11-15(21(16)22)12-18(17)23(27)30-26(6-2)9-7-8-10-26;1-4-14(2)23(26)28-20-13-16-12-19(20)22-17-10-15(21(16)22)11-18(17)24(27)29-25(3)8-6-5-7-9-25/h16-23H,5-15H2,1-4H3;15-22H,5-14H2,1-4H3;14-22H,4-13H2,1-3H3. The van der Waals surface area contributed by atoms with Crippen LogP contribution < -0.4 is 0 Å². The van der Waals surface area contributed by atoms with Crippen LogP contribution in [0, 0.1) is 141 Å². The Labute approximate surface area is 541 Å². The second-order valence-electron chi connectivity index (χ2n) is 35.4. The molecule has 12 bridgehead atoms. The van der Waals surface area contributed by atoms with Crippen molar-refractivity contribution in [3.8, 4) is 0 Å². The molecular weight excluding hydrogens is 1130 g/mol. The molecule has 90 heavy (non-hydrogen) atoms. The molecule has 12 heteroatoms. The quantitative estimate of drug-likeness (QED) is 0.0772. The highest BCUT2D eigenvalue weighted by molar-refractivity contribution is 5.78. The van der Waals surface area contributed by atoms with E-state index in [-0.39, 0.29) is 94.6 Å². The molecule has 0 radical (unpaired) electrons. The van der Waals surface area contributed by atoms with E-state index in [0.717, 1.165) is 127 Å². The van der Waals surface area contributed by atoms with Crippen LogP contribution >= 0.6 is 0 Å². The molecule has 15 rings (SSSR count). The van der Waals surface area contributed by atoms with Gasteiger partial charge in [0.1, 0.15) is 35.1 Å². The zero-order chi connectivity index (χ0) is 63.6. The average Bonchev–Trinajstić information content (AvgIpc) is 1.58. The van der Waals surface area contributed by atoms with E-state index in [1.54, 1.807) is 0 Å². The highest BCUT2D eigenvalue weighted by Crippen LogP contribution is 2.72. The van der Waals surface area contributed by atoms with Crippen molar-refractivity contribution in [2.75, 3.05) is 0 Å². The molecule has 15 aliphatic rings. The lowest BCUT2D eigenvalue weighted by atomic mass is 9.66. The van der Waals surface area contributed by atoms with Gasteiger partial charge in [0, 0.05) is 0 Å². The molecule has 0 spiro atoms. The third kappa shape index (κ3) is 11.6. The molecule has 15 fully saturated rings. The zero-order valence-corrected chi connectivity index (χ0v) is 57.8. The monoisotopic (exact) mass is 1250 g/mol. The molecule has 25 atom stereocenters. The average molecular weight is 1250 g/mol. The van der Waals surface area contributed by atoms with Crippen LogP contribution in [0.25, 0.3) is 0 Å². The van der Waals surface area contributed by atoms with Gasteiger partial charge in [0.05, 0.1) is 34.5 Å². The van der Waals surface area contributed by atoms with Crippen LogP contribution in [0.4, 0.5) is 0 Å². The Balaban J connectivity index is 0.000000124. The number of carbonyl (C=O) groups is 6. The highest BCUT2D eigenvalue weighted by atomic mass is 16.6. The first kappa shape index (κ1) is 65.5. The molecule has 15 saturated carbocycles. The van der Waals surface area contributed by atoms with Crippen LogP contribution in [0.5, 0.6) is 0 Å². The van der Waals surface area contributed by atoms with Gasteiger partial charge in [-0.2, -0.15) is 0 Å². The third-order valence-corrected chi connectivity index (χ3v) is 30.3. The van der Waals surface area contributed by atoms with Gasteiger partial charge in [-0.15, -0.1) is 0 Å². The van der Waals surface area contributed by atoms with E-state index in [4.69, 9.17) is 28.4 Å². The minimum Gasteiger partial charge on any atom is -0.462 e. The summed E-state index contributed by atoms with van der Waals surface area (Å²) in [4.78, 5) is 77.7. The molecule has 0 aromatic heterocycles. The first-order chi connectivity index (χ1) is 43.0. The summed E-state index contributed by atoms with van der Waals surface area (Å²) in [5.41, 5.74) is -1.43. The number of carbonyl (C=O) groups excluding carboxylic acids is 6. The van der Waals surface area contributed by atoms with Gasteiger partial charge in [-0.25, -0.2) is 0 Å². The van der Waals surface area contributed by atoms with Gasteiger partial charge < -0.3 is 28.4 Å². The Morgan fingerprint density at radius 2 is 0.700 bits per heavy atom. The topological polar surface area (TPSA) is 158 Å². The molecule has 0 saturated heterocycles. The Hall–Kier alpha value is -3.18. The Kier molecular flexibility index (Phi) is 18.3. The zero-order valence-electron chi connectivity index (χ0n) is 57.8. The van der Waals surface area contributed by atoms with Gasteiger partial charge in [-0.3, -0.25) is 28.8 Å². The maximum absolute atomic E-state index is 13.4. The molecule has 0 amide bonds. The maximum Gasteiger partial charge on any atom is 0.311 e. The lowest BCUT2D eigenvalue weighted by molar-refractivity contribution is -0.175. The van der Waals surface area contributed by atoms with Crippen molar-refractivity contribution >= 4 is 35.8 Å². The normalized spacial score (nSPS) is 43.5. The SMILES string of the molecule is CCC(C)C(=O)OC1CC2CC1C1C3CC(CC3C(=O)OC3(C)CCCCC3)C21.CCC1(OC(=O)C2CC3CC2C2C4CC(CC4OC(=O)C(C)(C)CC)C32)CCCC1.CCC1(OC(=O)C2CC3CC2C2C4CC(CC4OC(=O)C(C)(C)CC)C32)CCCCC1. The number of fused-ring (bicyclic) bond motifs is 27. The fourth-order valence-electron chi connectivity index (χ4n) is 24.7. The van der Waals surface area contributed by atoms with E-state index in [0.29, 0.717) is 88.8 Å². The van der Waals surface area contributed by atoms with E-state index in [9.17, 15) is 28.8 Å². The predicted octanol–water partition coefficient (Wildman–Crippen LogP) is 16.6. The molecule has 12 nitrogen and oxygen atoms in total. The van der Waals surface area contributed by atoms with Gasteiger partial charge in [0.25, 0.3) is 0 Å². The van der Waals surface area contributed by atoms with Crippen molar-refractivity contribution in [3.63, 3.8) is 0 Å². The molecule has 0 aliphatic heterocycles. The fraction of sp³-hybridized carbons (Fsp3) is 0.923. The van der Waals surface area contributed by atoms with Crippen molar-refractivity contribution in [1.82, 2.24) is 0 Å². The van der Waals surface area contributed by atoms with E-state index >= 15 is 0 Å². The summed E-state index contributed by atoms with van der Waals surface area (Å²) >= 11 is 0. The van der Waals surface area contributed by atoms with Gasteiger partial charge in [0.2, 0.25) is 0 Å². The van der Waals surface area contributed by atoms with Crippen LogP contribution in [-0.2, 0) is 57.2 Å². The van der Waals surface area contributed by atoms with Crippen molar-refractivity contribution < 1.29 is 57.2 Å². The minimum atomic E-state index is -0.406. The summed E-state index contributed by atoms with van der Waals surface area (Å²) in [6.45, 7) is 22.6. The summed E-state index contributed by atoms with van der Waals surface area (Å²) in [6.07, 6.45) is 33.9. The smallest absolute Gasteiger partial charge is 0.311 e. The first-order valence-electron chi connectivity index (χ1n) is 38.3. The van der Waals surface area contributed by atoms with E-state index in [1.165, 1.54) is 89.9 Å². The molecule has 0 aromatic carbocycles. The fourth-order valence-corrected chi connectivity index (χ4v) is 24.7. The molecule has 0 aromatic rings. The van der Waals surface area contributed by atoms with Crippen LogP contribution in [0.1, 0.15) is 275 Å². The molecule has 15 aliphatic carbocycles. The number of hydrogen-bond acceptors (Lipinski definition) is 12. The third-order valence-electron chi connectivity index (χ3n) is 30.3. The molecule has 0 heterocycles. The molecule has 504 valence electrons. The van der Waals surface area contributed by atoms with Gasteiger partial charge in [0.15, 0.2) is 0 Å². The maximum atomic E-state index is 13.4. The largest absolute Gasteiger partial charge is 0.462 e. The van der Waals surface area contributed by atoms with Crippen LogP contribution in [0.15, 0.2) is 0 Å². The van der Waals surface area contributed by atoms with Gasteiger partial charge >= 0.3 is 35.8 Å². The lowest BCUT2D eigenvalue weighted by Gasteiger charge is -2.42. The number of esters is 6. The van der Waals surface area contributed by atoms with Crippen molar-refractivity contribution in [2.45, 2.75) is 310 Å². The second kappa shape index (κ2) is 25.1. The van der Waals surface area contributed by atoms with E-state index in [1.807, 2.05) is 41.5 Å². The summed E-state index contributed by atoms with van der Waals surface area (Å²) in [5, 5.41) is 0. The van der Waals surface area contributed by atoms with Crippen molar-refractivity contribution in [2.24, 2.45) is 141 Å². The molecule has 25 unspecified atom stereocenters. The molecular formula is C78H120O12. The summed E-state index contributed by atoms with van der Waals surface area (Å²) in [7, 11) is 0. The van der Waals surface area contributed by atoms with Crippen molar-refractivity contribution in [3.05, 3.63) is 0 Å². The van der Waals surface area contributed by atoms with Gasteiger partial charge in [-0.1, -0.05) is 54.4 Å². The van der Waals surface area contributed by atoms with Crippen molar-refractivity contribution in [1.29, 1.82) is 0 Å². The number of rotatable bonds is 17. The van der Waals surface area contributed by atoms with E-state index in [2.05, 4.69) is 34.6 Å². The van der Waals surface area contributed by atoms with Crippen LogP contribution in [0.2, 0.25) is 0 Å². The van der Waals surface area contributed by atoms with Crippen LogP contribution in [0.3, 0.4) is 0 Å². The lowest BCUT2D eigenvalue weighted by Crippen LogP contribution is -2.45. The van der Waals surface area contributed by atoms with Crippen LogP contribution in [-0.4, -0.2) is 70.9 Å². The molecule has 0 N–H and O–H groups in total. The number of ether oxygens (including phenoxy) is 6. The Bertz CT molecular complexity index is 2660.